The topological polar surface area (TPSA) is 96.3 Å². The SMILES string of the molecule is C.C.CCOC[C@@]1(O)CC[C@H]2[C@H](CC[C@@H]3[C@@H]2CC[C@]2(C)[C@@H](C(=O)CBr)CC[C@@H]32)C1.CCOC[C@@]1(O)CC[C@H]2[C@H](CC[C@@H]3[C@@H]2CC[C@]2(C)[C@@H](C(=O)CN(C)c4ccccc4)CC[C@@H]32)C1.CCc1ccccc1.[3HH]. The number of anilines is 1. The second-order valence-electron chi connectivity index (χ2n) is 24.5. The molecule has 10 rings (SSSR count). The zero-order valence-electron chi connectivity index (χ0n) is 43.7. The zero-order valence-corrected chi connectivity index (χ0v) is 45.3. The number of carbonyl (C=O) groups excluding carboxylic acids is 2. The summed E-state index contributed by atoms with van der Waals surface area (Å²) in [6, 6.07) is 20.8. The summed E-state index contributed by atoms with van der Waals surface area (Å²) in [5.41, 5.74) is 1.75. The van der Waals surface area contributed by atoms with Crippen molar-refractivity contribution >= 4 is 33.2 Å². The van der Waals surface area contributed by atoms with Crippen molar-refractivity contribution in [3.8, 4) is 0 Å². The first-order valence-corrected chi connectivity index (χ1v) is 29.3. The van der Waals surface area contributed by atoms with E-state index in [0.717, 1.165) is 98.5 Å². The average molecular weight is 1050 g/mol. The van der Waals surface area contributed by atoms with Crippen LogP contribution in [-0.2, 0) is 25.5 Å². The molecule has 0 aromatic heterocycles. The third-order valence-corrected chi connectivity index (χ3v) is 21.7. The van der Waals surface area contributed by atoms with E-state index in [9.17, 15) is 19.8 Å². The van der Waals surface area contributed by atoms with Gasteiger partial charge in [-0.05, 0) is 224 Å². The molecule has 0 heterocycles. The van der Waals surface area contributed by atoms with Gasteiger partial charge in [0.15, 0.2) is 5.78 Å². The molecule has 0 bridgehead atoms. The number of carbonyl (C=O) groups is 2. The van der Waals surface area contributed by atoms with Gasteiger partial charge in [-0.2, -0.15) is 0 Å². The van der Waals surface area contributed by atoms with Gasteiger partial charge < -0.3 is 24.6 Å². The van der Waals surface area contributed by atoms with Crippen molar-refractivity contribution in [3.05, 3.63) is 66.2 Å². The number of rotatable bonds is 13. The third kappa shape index (κ3) is 12.4. The van der Waals surface area contributed by atoms with Crippen LogP contribution in [0.15, 0.2) is 60.7 Å². The molecule has 0 spiro atoms. The number of hydrogen-bond acceptors (Lipinski definition) is 7. The minimum absolute atomic E-state index is 0. The smallest absolute Gasteiger partial charge is 0.155 e. The molecular weight excluding hydrogens is 947 g/mol. The highest BCUT2D eigenvalue weighted by Crippen LogP contribution is 2.66. The maximum atomic E-state index is 13.6. The van der Waals surface area contributed by atoms with Gasteiger partial charge in [0, 0.05) is 39.2 Å². The summed E-state index contributed by atoms with van der Waals surface area (Å²) in [6.07, 6.45) is 21.9. The first-order valence-electron chi connectivity index (χ1n) is 28.2. The van der Waals surface area contributed by atoms with Crippen LogP contribution in [-0.4, -0.2) is 78.3 Å². The van der Waals surface area contributed by atoms with Crippen LogP contribution in [0.2, 0.25) is 0 Å². The molecular formula is C63H102BrNO6. The fourth-order valence-corrected chi connectivity index (χ4v) is 18.1. The van der Waals surface area contributed by atoms with Crippen LogP contribution in [0.1, 0.15) is 172 Å². The minimum atomic E-state index is -0.608. The molecule has 0 aliphatic heterocycles. The summed E-state index contributed by atoms with van der Waals surface area (Å²) < 4.78 is 11.2. The summed E-state index contributed by atoms with van der Waals surface area (Å²) >= 11 is 3.42. The van der Waals surface area contributed by atoms with Crippen LogP contribution in [0.25, 0.3) is 0 Å². The number of benzene rings is 2. The molecule has 0 saturated heterocycles. The van der Waals surface area contributed by atoms with Gasteiger partial charge >= 0.3 is 0 Å². The van der Waals surface area contributed by atoms with Crippen molar-refractivity contribution in [3.63, 3.8) is 0 Å². The molecule has 8 saturated carbocycles. The van der Waals surface area contributed by atoms with Crippen LogP contribution in [0.5, 0.6) is 0 Å². The molecule has 0 amide bonds. The van der Waals surface area contributed by atoms with Crippen molar-refractivity contribution in [1.82, 2.24) is 0 Å². The maximum Gasteiger partial charge on any atom is 0.155 e. The Hall–Kier alpha value is -2.10. The Kier molecular flexibility index (Phi) is 20.6. The highest BCUT2D eigenvalue weighted by molar-refractivity contribution is 9.09. The first-order chi connectivity index (χ1) is 33.2. The molecule has 0 radical (unpaired) electrons. The van der Waals surface area contributed by atoms with Gasteiger partial charge in [-0.1, -0.05) is 100 Å². The number of ketones is 2. The second kappa shape index (κ2) is 25.2. The van der Waals surface area contributed by atoms with Crippen LogP contribution < -0.4 is 4.90 Å². The predicted molar refractivity (Wildman–Crippen MR) is 299 cm³/mol. The van der Waals surface area contributed by atoms with Gasteiger partial charge in [0.25, 0.3) is 0 Å². The molecule has 8 fully saturated rings. The normalized spacial score (nSPS) is 39.5. The van der Waals surface area contributed by atoms with Gasteiger partial charge in [-0.3, -0.25) is 9.59 Å². The van der Waals surface area contributed by atoms with Gasteiger partial charge in [0.1, 0.15) is 5.78 Å². The quantitative estimate of drug-likeness (QED) is 0.193. The number of nitrogens with zero attached hydrogens (tertiary/aromatic N) is 1. The van der Waals surface area contributed by atoms with Crippen molar-refractivity contribution in [2.45, 2.75) is 183 Å². The van der Waals surface area contributed by atoms with E-state index < -0.39 is 11.2 Å². The monoisotopic (exact) mass is 1050 g/mol. The fourth-order valence-electron chi connectivity index (χ4n) is 17.8. The summed E-state index contributed by atoms with van der Waals surface area (Å²) in [4.78, 5) is 28.2. The van der Waals surface area contributed by atoms with Crippen LogP contribution in [0.4, 0.5) is 5.69 Å². The molecule has 8 aliphatic carbocycles. The van der Waals surface area contributed by atoms with E-state index in [1.54, 1.807) is 0 Å². The first kappa shape index (κ1) is 58.2. The summed E-state index contributed by atoms with van der Waals surface area (Å²) in [7, 11) is 2.05. The zero-order chi connectivity index (χ0) is 49.0. The Morgan fingerprint density at radius 3 is 1.45 bits per heavy atom. The van der Waals surface area contributed by atoms with Gasteiger partial charge in [0.05, 0.1) is 36.3 Å². The average Bonchev–Trinajstić information content (AvgIpc) is 3.92. The maximum absolute atomic E-state index is 13.6. The van der Waals surface area contributed by atoms with E-state index in [4.69, 9.17) is 9.47 Å². The number of halogens is 1. The molecule has 2 aromatic carbocycles. The lowest BCUT2D eigenvalue weighted by Gasteiger charge is -2.57. The number of fused-ring (bicyclic) bond motifs is 10. The Morgan fingerprint density at radius 2 is 1.03 bits per heavy atom. The molecule has 8 aliphatic rings. The largest absolute Gasteiger partial charge is 0.387 e. The minimum Gasteiger partial charge on any atom is -0.387 e. The molecule has 8 heteroatoms. The third-order valence-electron chi connectivity index (χ3n) is 21.1. The lowest BCUT2D eigenvalue weighted by atomic mass is 9.49. The molecule has 2 aromatic rings. The molecule has 402 valence electrons. The fraction of sp³-hybridized carbons (Fsp3) is 0.778. The van der Waals surface area contributed by atoms with E-state index in [-0.39, 0.29) is 38.9 Å². The molecule has 16 atom stereocenters. The van der Waals surface area contributed by atoms with Crippen LogP contribution in [0, 0.1) is 81.8 Å². The number of aryl methyl sites for hydroxylation is 1. The highest BCUT2D eigenvalue weighted by atomic mass is 79.9. The van der Waals surface area contributed by atoms with Crippen LogP contribution >= 0.6 is 15.9 Å². The van der Waals surface area contributed by atoms with E-state index in [1.807, 2.05) is 38.1 Å². The van der Waals surface area contributed by atoms with Gasteiger partial charge in [-0.25, -0.2) is 0 Å². The number of hydrogen-bond donors (Lipinski definition) is 2. The van der Waals surface area contributed by atoms with Crippen molar-refractivity contribution in [1.29, 1.82) is 0 Å². The molecule has 0 unspecified atom stereocenters. The molecule has 7 nitrogen and oxygen atoms in total. The van der Waals surface area contributed by atoms with Crippen molar-refractivity contribution in [2.24, 2.45) is 81.8 Å². The standard InChI is InChI=1S/C30H45NO3.C23H37BrO3.C8H10.2CH4.H2/c1-4-34-20-30(33)17-15-23-21(18-30)10-11-25-24(23)14-16-29(2)26(25)12-13-27(29)28(32)19-31(3)22-8-6-5-7-9-22;1-3-27-14-23(26)11-9-16-15(12-23)4-5-18-17(16)8-10-22(2)19(18)6-7-20(22)21(25)13-24;1-2-8-6-4-3-5-7-8;;;/h5-9,21,23-27,33H,4,10-20H2,1-3H3;15-20,26H,3-14H2,1-2H3;3-7H,2H2,1H3;2*1H4;1H/t21-,23+,24-,25-,26+,27-,29+,30-;15-,16+,17-,18-,19+,20-,22+,23-;;;;/m11..../s1/i;;;;;1+2. The number of likely N-dealkylation sites (N-methyl/N-ethyl adjacent to an activating group) is 1. The summed E-state index contributed by atoms with van der Waals surface area (Å²) in [5, 5.41) is 22.6. The Balaban J connectivity index is 0.000000227. The number of Topliss-reactive ketones (excluding diaryl/α,β-unsaturated/α-hetero) is 2. The van der Waals surface area contributed by atoms with E-state index in [2.05, 4.69) is 85.0 Å². The predicted octanol–water partition coefficient (Wildman–Crippen LogP) is 14.5. The Morgan fingerprint density at radius 1 is 0.592 bits per heavy atom. The number of alkyl halides is 1. The highest BCUT2D eigenvalue weighted by Gasteiger charge is 2.61. The van der Waals surface area contributed by atoms with Crippen LogP contribution in [0.3, 0.4) is 0 Å². The summed E-state index contributed by atoms with van der Waals surface area (Å²) in [5.74, 6) is 8.94. The lowest BCUT2D eigenvalue weighted by Crippen LogP contribution is -2.52. The Bertz CT molecular complexity index is 1970. The van der Waals surface area contributed by atoms with Crippen molar-refractivity contribution in [2.75, 3.05) is 50.2 Å². The van der Waals surface area contributed by atoms with E-state index in [1.165, 1.54) is 76.2 Å². The molecule has 2 N–H and O–H groups in total. The molecule has 71 heavy (non-hydrogen) atoms. The van der Waals surface area contributed by atoms with E-state index >= 15 is 0 Å². The lowest BCUT2D eigenvalue weighted by molar-refractivity contribution is -0.136. The van der Waals surface area contributed by atoms with Gasteiger partial charge in [0.2, 0.25) is 0 Å². The van der Waals surface area contributed by atoms with Gasteiger partial charge in [-0.15, -0.1) is 0 Å². The summed E-state index contributed by atoms with van der Waals surface area (Å²) in [6.45, 7) is 14.0. The van der Waals surface area contributed by atoms with Crippen molar-refractivity contribution < 1.29 is 30.7 Å². The number of ether oxygens (including phenoxy) is 2. The van der Waals surface area contributed by atoms with E-state index in [0.29, 0.717) is 67.6 Å². The number of para-hydroxylation sites is 1. The Labute approximate surface area is 442 Å². The number of aliphatic hydroxyl groups is 2. The second-order valence-corrected chi connectivity index (χ2v) is 25.1.